The van der Waals surface area contributed by atoms with E-state index in [4.69, 9.17) is 17.2 Å². The fourth-order valence-electron chi connectivity index (χ4n) is 0.932. The Bertz CT molecular complexity index is 374. The zero-order valence-electron chi connectivity index (χ0n) is 8.51. The van der Waals surface area contributed by atoms with Crippen molar-refractivity contribution < 1.29 is 0 Å². The van der Waals surface area contributed by atoms with Crippen molar-refractivity contribution in [3.8, 4) is 0 Å². The molecule has 1 aromatic heterocycles. The molecule has 1 rings (SSSR count). The number of nitrogens with zero attached hydrogens (tertiary/aromatic N) is 3. The molecule has 1 aromatic rings. The van der Waals surface area contributed by atoms with Gasteiger partial charge in [-0.1, -0.05) is 6.07 Å². The van der Waals surface area contributed by atoms with Crippen molar-refractivity contribution in [1.29, 1.82) is 0 Å². The molecule has 0 atom stereocenters. The van der Waals surface area contributed by atoms with Crippen LogP contribution in [0.4, 0.5) is 0 Å². The van der Waals surface area contributed by atoms with E-state index in [0.29, 0.717) is 6.54 Å². The first kappa shape index (κ1) is 11.0. The highest BCUT2D eigenvalue weighted by Gasteiger charge is 1.93. The fourth-order valence-corrected chi connectivity index (χ4v) is 0.932. The molecule has 0 amide bonds. The average molecular weight is 206 g/mol. The summed E-state index contributed by atoms with van der Waals surface area (Å²) in [5.74, 6) is -0.0335. The van der Waals surface area contributed by atoms with Crippen LogP contribution in [0, 0.1) is 6.92 Å². The number of guanidine groups is 2. The van der Waals surface area contributed by atoms with Gasteiger partial charge in [-0.3, -0.25) is 4.98 Å². The van der Waals surface area contributed by atoms with Crippen LogP contribution in [0.1, 0.15) is 11.3 Å². The van der Waals surface area contributed by atoms with Gasteiger partial charge in [0, 0.05) is 11.9 Å². The Kier molecular flexibility index (Phi) is 3.61. The Hall–Kier alpha value is -2.11. The maximum atomic E-state index is 5.43. The van der Waals surface area contributed by atoms with E-state index in [1.54, 1.807) is 6.20 Å². The highest BCUT2D eigenvalue weighted by molar-refractivity contribution is 5.92. The summed E-state index contributed by atoms with van der Waals surface area (Å²) in [5, 5.41) is 0. The number of aryl methyl sites for hydroxylation is 1. The van der Waals surface area contributed by atoms with Crippen molar-refractivity contribution >= 4 is 11.9 Å². The van der Waals surface area contributed by atoms with E-state index in [2.05, 4.69) is 15.0 Å². The van der Waals surface area contributed by atoms with Crippen LogP contribution < -0.4 is 17.2 Å². The number of aliphatic imine (C=N–C) groups is 2. The lowest BCUT2D eigenvalue weighted by atomic mass is 10.2. The lowest BCUT2D eigenvalue weighted by Gasteiger charge is -1.97. The lowest BCUT2D eigenvalue weighted by Crippen LogP contribution is -2.26. The van der Waals surface area contributed by atoms with Gasteiger partial charge in [-0.15, -0.1) is 0 Å². The van der Waals surface area contributed by atoms with E-state index in [1.807, 2.05) is 19.1 Å². The van der Waals surface area contributed by atoms with Gasteiger partial charge in [-0.25, -0.2) is 4.99 Å². The molecule has 0 saturated carbocycles. The summed E-state index contributed by atoms with van der Waals surface area (Å²) in [6.45, 7) is 2.33. The molecule has 0 spiro atoms. The van der Waals surface area contributed by atoms with Crippen molar-refractivity contribution in [3.63, 3.8) is 0 Å². The Morgan fingerprint density at radius 3 is 2.60 bits per heavy atom. The second-order valence-electron chi connectivity index (χ2n) is 3.02. The molecule has 0 bridgehead atoms. The monoisotopic (exact) mass is 206 g/mol. The zero-order valence-corrected chi connectivity index (χ0v) is 8.51. The van der Waals surface area contributed by atoms with Crippen LogP contribution in [0.25, 0.3) is 0 Å². The maximum Gasteiger partial charge on any atom is 0.218 e. The molecule has 0 radical (unpaired) electrons. The van der Waals surface area contributed by atoms with Crippen molar-refractivity contribution in [1.82, 2.24) is 4.98 Å². The normalized spacial score (nSPS) is 11.1. The van der Waals surface area contributed by atoms with Gasteiger partial charge in [0.15, 0.2) is 5.96 Å². The molecule has 0 unspecified atom stereocenters. The minimum absolute atomic E-state index is 0.0653. The minimum atomic E-state index is -0.0988. The molecule has 0 aliphatic carbocycles. The Morgan fingerprint density at radius 2 is 2.07 bits per heavy atom. The fraction of sp³-hybridized carbons (Fsp3) is 0.222. The second-order valence-corrected chi connectivity index (χ2v) is 3.02. The molecule has 0 aliphatic heterocycles. The van der Waals surface area contributed by atoms with Crippen LogP contribution in [-0.2, 0) is 6.54 Å². The second kappa shape index (κ2) is 4.94. The Labute approximate surface area is 87.9 Å². The first-order valence-electron chi connectivity index (χ1n) is 4.39. The van der Waals surface area contributed by atoms with Crippen LogP contribution in [-0.4, -0.2) is 16.9 Å². The summed E-state index contributed by atoms with van der Waals surface area (Å²) in [5.41, 5.74) is 17.6. The molecule has 80 valence electrons. The maximum absolute atomic E-state index is 5.43. The highest BCUT2D eigenvalue weighted by atomic mass is 15.1. The molecule has 0 saturated heterocycles. The molecule has 1 heterocycles. The van der Waals surface area contributed by atoms with Gasteiger partial charge >= 0.3 is 0 Å². The van der Waals surface area contributed by atoms with Gasteiger partial charge in [-0.05, 0) is 18.6 Å². The number of pyridine rings is 1. The van der Waals surface area contributed by atoms with E-state index in [0.717, 1.165) is 11.3 Å². The third-order valence-electron chi connectivity index (χ3n) is 1.64. The number of hydrogen-bond acceptors (Lipinski definition) is 2. The van der Waals surface area contributed by atoms with Gasteiger partial charge in [-0.2, -0.15) is 4.99 Å². The van der Waals surface area contributed by atoms with Crippen LogP contribution in [0.5, 0.6) is 0 Å². The molecule has 0 fully saturated rings. The molecule has 6 nitrogen and oxygen atoms in total. The molecular formula is C9H14N6. The predicted molar refractivity (Wildman–Crippen MR) is 60.1 cm³/mol. The summed E-state index contributed by atoms with van der Waals surface area (Å²) < 4.78 is 0. The van der Waals surface area contributed by atoms with Crippen molar-refractivity contribution in [2.45, 2.75) is 13.5 Å². The van der Waals surface area contributed by atoms with Crippen LogP contribution in [0.15, 0.2) is 28.3 Å². The third-order valence-corrected chi connectivity index (χ3v) is 1.64. The molecule has 0 aliphatic rings. The van der Waals surface area contributed by atoms with Crippen LogP contribution >= 0.6 is 0 Å². The lowest BCUT2D eigenvalue weighted by molar-refractivity contribution is 1.02. The number of hydrogen-bond donors (Lipinski definition) is 3. The van der Waals surface area contributed by atoms with E-state index in [9.17, 15) is 0 Å². The van der Waals surface area contributed by atoms with Gasteiger partial charge in [0.2, 0.25) is 5.96 Å². The summed E-state index contributed by atoms with van der Waals surface area (Å²) in [7, 11) is 0. The molecule has 15 heavy (non-hydrogen) atoms. The zero-order chi connectivity index (χ0) is 11.3. The smallest absolute Gasteiger partial charge is 0.218 e. The van der Waals surface area contributed by atoms with Gasteiger partial charge < -0.3 is 17.2 Å². The van der Waals surface area contributed by atoms with Gasteiger partial charge in [0.25, 0.3) is 0 Å². The first-order chi connectivity index (χ1) is 7.08. The summed E-state index contributed by atoms with van der Waals surface area (Å²) in [6.07, 6.45) is 1.74. The third kappa shape index (κ3) is 4.08. The van der Waals surface area contributed by atoms with Crippen molar-refractivity contribution in [2.24, 2.45) is 27.2 Å². The number of rotatable bonds is 2. The van der Waals surface area contributed by atoms with Crippen LogP contribution in [0.2, 0.25) is 0 Å². The average Bonchev–Trinajstić information content (AvgIpc) is 2.16. The molecule has 6 heteroatoms. The molecular weight excluding hydrogens is 192 g/mol. The van der Waals surface area contributed by atoms with Gasteiger partial charge in [0.1, 0.15) is 0 Å². The number of aromatic nitrogens is 1. The predicted octanol–water partition coefficient (Wildman–Crippen LogP) is -0.522. The van der Waals surface area contributed by atoms with E-state index in [-0.39, 0.29) is 11.9 Å². The Morgan fingerprint density at radius 1 is 1.33 bits per heavy atom. The van der Waals surface area contributed by atoms with Gasteiger partial charge in [0.05, 0.1) is 6.54 Å². The summed E-state index contributed by atoms with van der Waals surface area (Å²) in [6, 6.07) is 3.83. The van der Waals surface area contributed by atoms with E-state index >= 15 is 0 Å². The molecule has 6 N–H and O–H groups in total. The Balaban J connectivity index is 2.64. The minimum Gasteiger partial charge on any atom is -0.370 e. The summed E-state index contributed by atoms with van der Waals surface area (Å²) in [4.78, 5) is 11.7. The standard InChI is InChI=1S/C9H14N6/c1-6-2-3-7(4-13-6)5-14-9(12)15-8(10)11/h2-4H,5H2,1H3,(H6,10,11,12,14,15). The largest absolute Gasteiger partial charge is 0.370 e. The van der Waals surface area contributed by atoms with Crippen LogP contribution in [0.3, 0.4) is 0 Å². The first-order valence-corrected chi connectivity index (χ1v) is 4.39. The SMILES string of the molecule is Cc1ccc(CN=C(N)N=C(N)N)cn1. The van der Waals surface area contributed by atoms with E-state index < -0.39 is 0 Å². The van der Waals surface area contributed by atoms with Crippen molar-refractivity contribution in [3.05, 3.63) is 29.6 Å². The quantitative estimate of drug-likeness (QED) is 0.446. The number of nitrogens with two attached hydrogens (primary N) is 3. The van der Waals surface area contributed by atoms with E-state index in [1.165, 1.54) is 0 Å². The molecule has 0 aromatic carbocycles. The topological polar surface area (TPSA) is 116 Å². The van der Waals surface area contributed by atoms with Crippen molar-refractivity contribution in [2.75, 3.05) is 0 Å². The highest BCUT2D eigenvalue weighted by Crippen LogP contribution is 2.00. The summed E-state index contributed by atoms with van der Waals surface area (Å²) >= 11 is 0.